The molecule has 5 nitrogen and oxygen atoms in total. The van der Waals surface area contributed by atoms with E-state index in [9.17, 15) is 9.59 Å². The lowest BCUT2D eigenvalue weighted by Gasteiger charge is -2.17. The highest BCUT2D eigenvalue weighted by atomic mass is 16.4. The number of carbonyl (C=O) groups is 2. The van der Waals surface area contributed by atoms with Crippen LogP contribution in [0.4, 0.5) is 0 Å². The van der Waals surface area contributed by atoms with Crippen LogP contribution in [0.2, 0.25) is 0 Å². The molecule has 5 heteroatoms. The first-order valence-electron chi connectivity index (χ1n) is 4.58. The highest BCUT2D eigenvalue weighted by Gasteiger charge is 2.24. The van der Waals surface area contributed by atoms with Crippen molar-refractivity contribution in [3.63, 3.8) is 0 Å². The Morgan fingerprint density at radius 2 is 2.13 bits per heavy atom. The summed E-state index contributed by atoms with van der Waals surface area (Å²) in [4.78, 5) is 22.3. The van der Waals surface area contributed by atoms with E-state index >= 15 is 0 Å². The first-order valence-corrected chi connectivity index (χ1v) is 4.58. The predicted molar refractivity (Wildman–Crippen MR) is 52.4 cm³/mol. The van der Waals surface area contributed by atoms with Gasteiger partial charge in [0, 0.05) is 0 Å². The molecule has 15 heavy (non-hydrogen) atoms. The Morgan fingerprint density at radius 1 is 1.47 bits per heavy atom. The summed E-state index contributed by atoms with van der Waals surface area (Å²) < 4.78 is 4.73. The van der Waals surface area contributed by atoms with E-state index in [0.717, 1.165) is 0 Å². The smallest absolute Gasteiger partial charge is 0.326 e. The molecule has 2 N–H and O–H groups in total. The standard InChI is InChI=1S/C10H13NO4/c1-6(2)8(10(13)14)11-9(12)7-3-4-15-5-7/h3-6,8H,1-2H3,(H,11,12)(H,13,14)/t8-/m1/s1. The predicted octanol–water partition coefficient (Wildman–Crippen LogP) is 1.12. The monoisotopic (exact) mass is 211 g/mol. The van der Waals surface area contributed by atoms with E-state index < -0.39 is 17.9 Å². The second-order valence-corrected chi connectivity index (χ2v) is 3.55. The van der Waals surface area contributed by atoms with Crippen LogP contribution in [-0.4, -0.2) is 23.0 Å². The third-order valence-corrected chi connectivity index (χ3v) is 2.00. The van der Waals surface area contributed by atoms with Crippen LogP contribution in [0.1, 0.15) is 24.2 Å². The van der Waals surface area contributed by atoms with Crippen molar-refractivity contribution in [2.75, 3.05) is 0 Å². The number of amides is 1. The summed E-state index contributed by atoms with van der Waals surface area (Å²) in [7, 11) is 0. The van der Waals surface area contributed by atoms with E-state index in [2.05, 4.69) is 5.32 Å². The Balaban J connectivity index is 2.67. The summed E-state index contributed by atoms with van der Waals surface area (Å²) in [5.74, 6) is -1.65. The Labute approximate surface area is 87.1 Å². The number of carboxylic acids is 1. The summed E-state index contributed by atoms with van der Waals surface area (Å²) >= 11 is 0. The van der Waals surface area contributed by atoms with Crippen LogP contribution in [0, 0.1) is 5.92 Å². The zero-order valence-electron chi connectivity index (χ0n) is 8.56. The minimum Gasteiger partial charge on any atom is -0.480 e. The molecule has 0 aliphatic heterocycles. The lowest BCUT2D eigenvalue weighted by atomic mass is 10.0. The van der Waals surface area contributed by atoms with Crippen molar-refractivity contribution in [2.45, 2.75) is 19.9 Å². The maximum absolute atomic E-state index is 11.5. The van der Waals surface area contributed by atoms with E-state index in [0.29, 0.717) is 5.56 Å². The lowest BCUT2D eigenvalue weighted by molar-refractivity contribution is -0.140. The van der Waals surface area contributed by atoms with Crippen molar-refractivity contribution in [3.05, 3.63) is 24.2 Å². The topological polar surface area (TPSA) is 79.5 Å². The number of carboxylic acid groups (broad SMARTS) is 1. The Kier molecular flexibility index (Phi) is 3.49. The van der Waals surface area contributed by atoms with Gasteiger partial charge in [-0.2, -0.15) is 0 Å². The van der Waals surface area contributed by atoms with Gasteiger partial charge in [0.1, 0.15) is 12.3 Å². The number of hydrogen-bond donors (Lipinski definition) is 2. The third kappa shape index (κ3) is 2.83. The van der Waals surface area contributed by atoms with Gasteiger partial charge in [0.05, 0.1) is 11.8 Å². The van der Waals surface area contributed by atoms with Crippen LogP contribution in [0.3, 0.4) is 0 Å². The molecule has 1 heterocycles. The molecule has 0 fully saturated rings. The molecular weight excluding hydrogens is 198 g/mol. The van der Waals surface area contributed by atoms with Crippen molar-refractivity contribution >= 4 is 11.9 Å². The Hall–Kier alpha value is -1.78. The number of carbonyl (C=O) groups excluding carboxylic acids is 1. The van der Waals surface area contributed by atoms with Gasteiger partial charge < -0.3 is 14.8 Å². The first-order chi connectivity index (χ1) is 7.02. The van der Waals surface area contributed by atoms with Crippen molar-refractivity contribution in [3.8, 4) is 0 Å². The summed E-state index contributed by atoms with van der Waals surface area (Å²) in [5, 5.41) is 11.3. The average molecular weight is 211 g/mol. The van der Waals surface area contributed by atoms with Gasteiger partial charge in [0.25, 0.3) is 5.91 Å². The van der Waals surface area contributed by atoms with Crippen molar-refractivity contribution < 1.29 is 19.1 Å². The van der Waals surface area contributed by atoms with Crippen LogP contribution in [0.25, 0.3) is 0 Å². The maximum atomic E-state index is 11.5. The van der Waals surface area contributed by atoms with E-state index in [4.69, 9.17) is 9.52 Å². The molecule has 0 spiro atoms. The average Bonchev–Trinajstić information content (AvgIpc) is 2.65. The zero-order valence-corrected chi connectivity index (χ0v) is 8.56. The normalized spacial score (nSPS) is 12.5. The molecule has 0 radical (unpaired) electrons. The minimum atomic E-state index is -1.04. The molecule has 1 atom stereocenters. The molecular formula is C10H13NO4. The molecule has 1 aromatic heterocycles. The summed E-state index contributed by atoms with van der Waals surface area (Å²) in [6.07, 6.45) is 2.63. The highest BCUT2D eigenvalue weighted by Crippen LogP contribution is 2.05. The van der Waals surface area contributed by atoms with Crippen LogP contribution in [-0.2, 0) is 4.79 Å². The SMILES string of the molecule is CC(C)[C@@H](NC(=O)c1ccoc1)C(=O)O. The fraction of sp³-hybridized carbons (Fsp3) is 0.400. The van der Waals surface area contributed by atoms with E-state index in [1.54, 1.807) is 13.8 Å². The Bertz CT molecular complexity index is 342. The molecule has 0 saturated heterocycles. The lowest BCUT2D eigenvalue weighted by Crippen LogP contribution is -2.44. The number of hydrogen-bond acceptors (Lipinski definition) is 3. The maximum Gasteiger partial charge on any atom is 0.326 e. The quantitative estimate of drug-likeness (QED) is 0.782. The van der Waals surface area contributed by atoms with Gasteiger partial charge in [0.2, 0.25) is 0 Å². The van der Waals surface area contributed by atoms with Crippen molar-refractivity contribution in [1.29, 1.82) is 0 Å². The largest absolute Gasteiger partial charge is 0.480 e. The molecule has 0 unspecified atom stereocenters. The van der Waals surface area contributed by atoms with Crippen molar-refractivity contribution in [2.24, 2.45) is 5.92 Å². The van der Waals surface area contributed by atoms with Gasteiger partial charge in [-0.3, -0.25) is 4.79 Å². The summed E-state index contributed by atoms with van der Waals surface area (Å²) in [6.45, 7) is 3.46. The van der Waals surface area contributed by atoms with E-state index in [-0.39, 0.29) is 5.92 Å². The number of rotatable bonds is 4. The van der Waals surface area contributed by atoms with Crippen LogP contribution in [0.5, 0.6) is 0 Å². The molecule has 0 bridgehead atoms. The van der Waals surface area contributed by atoms with Crippen molar-refractivity contribution in [1.82, 2.24) is 5.32 Å². The fourth-order valence-electron chi connectivity index (χ4n) is 1.13. The number of furan rings is 1. The summed E-state index contributed by atoms with van der Waals surface area (Å²) in [6, 6.07) is 0.599. The molecule has 0 aromatic carbocycles. The molecule has 1 amide bonds. The van der Waals surface area contributed by atoms with Crippen LogP contribution >= 0.6 is 0 Å². The molecule has 1 rings (SSSR count). The van der Waals surface area contributed by atoms with Gasteiger partial charge in [-0.1, -0.05) is 13.8 Å². The van der Waals surface area contributed by atoms with Gasteiger partial charge in [0.15, 0.2) is 0 Å². The minimum absolute atomic E-state index is 0.168. The van der Waals surface area contributed by atoms with E-state index in [1.165, 1.54) is 18.6 Å². The van der Waals surface area contributed by atoms with Crippen LogP contribution in [0.15, 0.2) is 23.0 Å². The number of nitrogens with one attached hydrogen (secondary N) is 1. The van der Waals surface area contributed by atoms with Gasteiger partial charge in [-0.25, -0.2) is 4.79 Å². The fourth-order valence-corrected chi connectivity index (χ4v) is 1.13. The van der Waals surface area contributed by atoms with Gasteiger partial charge in [-0.15, -0.1) is 0 Å². The molecule has 82 valence electrons. The molecule has 0 aliphatic carbocycles. The highest BCUT2D eigenvalue weighted by molar-refractivity contribution is 5.96. The second kappa shape index (κ2) is 4.63. The Morgan fingerprint density at radius 3 is 2.53 bits per heavy atom. The first kappa shape index (κ1) is 11.3. The van der Waals surface area contributed by atoms with E-state index in [1.807, 2.05) is 0 Å². The third-order valence-electron chi connectivity index (χ3n) is 2.00. The summed E-state index contributed by atoms with van der Waals surface area (Å²) in [5.41, 5.74) is 0.321. The van der Waals surface area contributed by atoms with Gasteiger partial charge >= 0.3 is 5.97 Å². The van der Waals surface area contributed by atoms with Gasteiger partial charge in [-0.05, 0) is 12.0 Å². The zero-order chi connectivity index (χ0) is 11.4. The van der Waals surface area contributed by atoms with Crippen LogP contribution < -0.4 is 5.32 Å². The molecule has 1 aromatic rings. The second-order valence-electron chi connectivity index (χ2n) is 3.55. The molecule has 0 saturated carbocycles. The molecule has 0 aliphatic rings. The number of aliphatic carboxylic acids is 1.